The first-order chi connectivity index (χ1) is 16.4. The molecule has 5 nitrogen and oxygen atoms in total. The summed E-state index contributed by atoms with van der Waals surface area (Å²) in [6.07, 6.45) is 1.38. The summed E-state index contributed by atoms with van der Waals surface area (Å²) in [6.45, 7) is 5.41. The van der Waals surface area contributed by atoms with Gasteiger partial charge in [-0.2, -0.15) is 0 Å². The number of benzene rings is 3. The van der Waals surface area contributed by atoms with Gasteiger partial charge in [0.1, 0.15) is 17.3 Å². The van der Waals surface area contributed by atoms with Crippen molar-refractivity contribution in [2.45, 2.75) is 20.4 Å². The van der Waals surface area contributed by atoms with Crippen LogP contribution in [0, 0.1) is 6.92 Å². The zero-order valence-electron chi connectivity index (χ0n) is 19.0. The molecule has 0 amide bonds. The Morgan fingerprint density at radius 2 is 1.79 bits per heavy atom. The van der Waals surface area contributed by atoms with Gasteiger partial charge in [-0.05, 0) is 73.0 Å². The molecule has 1 heterocycles. The second-order valence-corrected chi connectivity index (χ2v) is 8.83. The molecule has 1 N–H and O–H groups in total. The molecule has 0 spiro atoms. The zero-order chi connectivity index (χ0) is 24.1. The lowest BCUT2D eigenvalue weighted by Gasteiger charge is -2.23. The van der Waals surface area contributed by atoms with E-state index in [1.165, 1.54) is 17.3 Å². The molecule has 0 radical (unpaired) electrons. The smallest absolute Gasteiger partial charge is 0.337 e. The van der Waals surface area contributed by atoms with Crippen molar-refractivity contribution < 1.29 is 14.6 Å². The van der Waals surface area contributed by atoms with Crippen LogP contribution >= 0.6 is 15.9 Å². The Morgan fingerprint density at radius 1 is 1.03 bits per heavy atom. The van der Waals surface area contributed by atoms with E-state index in [2.05, 4.69) is 57.0 Å². The van der Waals surface area contributed by atoms with Gasteiger partial charge in [0.15, 0.2) is 0 Å². The van der Waals surface area contributed by atoms with Crippen molar-refractivity contribution in [2.75, 3.05) is 11.4 Å². The summed E-state index contributed by atoms with van der Waals surface area (Å²) in [5.41, 5.74) is 4.74. The van der Waals surface area contributed by atoms with Crippen molar-refractivity contribution in [3.8, 4) is 22.6 Å². The zero-order valence-corrected chi connectivity index (χ0v) is 20.6. The fourth-order valence-corrected chi connectivity index (χ4v) is 4.17. The van der Waals surface area contributed by atoms with Crippen LogP contribution in [0.15, 0.2) is 89.5 Å². The number of hydrogen-bond acceptors (Lipinski definition) is 4. The molecule has 0 aliphatic heterocycles. The molecular weight excluding hydrogens is 492 g/mol. The lowest BCUT2D eigenvalue weighted by atomic mass is 10.0. The minimum absolute atomic E-state index is 0.167. The highest BCUT2D eigenvalue weighted by molar-refractivity contribution is 9.10. The average molecular weight is 517 g/mol. The van der Waals surface area contributed by atoms with Crippen molar-refractivity contribution in [2.24, 2.45) is 0 Å². The number of ether oxygens (including phenoxy) is 1. The molecule has 0 atom stereocenters. The van der Waals surface area contributed by atoms with Crippen LogP contribution in [0.2, 0.25) is 0 Å². The number of aryl methyl sites for hydroxylation is 1. The molecule has 6 heteroatoms. The first-order valence-electron chi connectivity index (χ1n) is 11.0. The van der Waals surface area contributed by atoms with Crippen LogP contribution in [0.1, 0.15) is 28.4 Å². The first-order valence-corrected chi connectivity index (χ1v) is 11.8. The second-order valence-electron chi connectivity index (χ2n) is 7.92. The SMILES string of the molecule is CCN(Cc1cc(Br)ccc1Oc1ccc(-c2ccccc2C)cc1)c1ccc(C(=O)O)cn1. The van der Waals surface area contributed by atoms with E-state index in [0.29, 0.717) is 18.9 Å². The molecule has 172 valence electrons. The van der Waals surface area contributed by atoms with Gasteiger partial charge < -0.3 is 14.7 Å². The minimum atomic E-state index is -0.988. The van der Waals surface area contributed by atoms with Crippen molar-refractivity contribution in [1.82, 2.24) is 4.98 Å². The quantitative estimate of drug-likeness (QED) is 0.265. The number of halogens is 1. The summed E-state index contributed by atoms with van der Waals surface area (Å²) in [5.74, 6) is 1.24. The van der Waals surface area contributed by atoms with Gasteiger partial charge in [-0.15, -0.1) is 0 Å². The molecule has 0 fully saturated rings. The summed E-state index contributed by atoms with van der Waals surface area (Å²) in [4.78, 5) is 17.6. The summed E-state index contributed by atoms with van der Waals surface area (Å²) in [7, 11) is 0. The van der Waals surface area contributed by atoms with E-state index in [0.717, 1.165) is 27.1 Å². The summed E-state index contributed by atoms with van der Waals surface area (Å²) < 4.78 is 7.23. The monoisotopic (exact) mass is 516 g/mol. The summed E-state index contributed by atoms with van der Waals surface area (Å²) in [6, 6.07) is 25.7. The second kappa shape index (κ2) is 10.5. The van der Waals surface area contributed by atoms with Crippen LogP contribution in [0.3, 0.4) is 0 Å². The van der Waals surface area contributed by atoms with Gasteiger partial charge in [-0.3, -0.25) is 0 Å². The number of carbonyl (C=O) groups is 1. The van der Waals surface area contributed by atoms with Gasteiger partial charge in [0.2, 0.25) is 0 Å². The number of pyridine rings is 1. The van der Waals surface area contributed by atoms with Crippen LogP contribution in [-0.2, 0) is 6.54 Å². The molecule has 0 aliphatic carbocycles. The van der Waals surface area contributed by atoms with Gasteiger partial charge in [-0.25, -0.2) is 9.78 Å². The Balaban J connectivity index is 1.56. The Hall–Kier alpha value is -3.64. The Bertz CT molecular complexity index is 1290. The lowest BCUT2D eigenvalue weighted by Crippen LogP contribution is -2.23. The number of aromatic nitrogens is 1. The minimum Gasteiger partial charge on any atom is -0.478 e. The molecule has 4 aromatic rings. The van der Waals surface area contributed by atoms with Crippen LogP contribution < -0.4 is 9.64 Å². The van der Waals surface area contributed by atoms with Crippen molar-refractivity contribution >= 4 is 27.7 Å². The van der Waals surface area contributed by atoms with Crippen LogP contribution in [0.5, 0.6) is 11.5 Å². The molecule has 0 unspecified atom stereocenters. The van der Waals surface area contributed by atoms with Crippen LogP contribution in [0.4, 0.5) is 5.82 Å². The van der Waals surface area contributed by atoms with Crippen molar-refractivity contribution in [1.29, 1.82) is 0 Å². The molecule has 0 bridgehead atoms. The van der Waals surface area contributed by atoms with Gasteiger partial charge in [-0.1, -0.05) is 52.3 Å². The van der Waals surface area contributed by atoms with E-state index in [9.17, 15) is 4.79 Å². The number of anilines is 1. The summed E-state index contributed by atoms with van der Waals surface area (Å²) in [5, 5.41) is 9.13. The predicted molar refractivity (Wildman–Crippen MR) is 139 cm³/mol. The van der Waals surface area contributed by atoms with Crippen molar-refractivity contribution in [3.63, 3.8) is 0 Å². The number of carboxylic acids is 1. The maximum atomic E-state index is 11.1. The Kier molecular flexibility index (Phi) is 7.28. The predicted octanol–water partition coefficient (Wildman–Crippen LogP) is 7.34. The number of rotatable bonds is 8. The molecule has 3 aromatic carbocycles. The normalized spacial score (nSPS) is 10.7. The maximum absolute atomic E-state index is 11.1. The Labute approximate surface area is 207 Å². The molecular formula is C28H25BrN2O3. The molecule has 34 heavy (non-hydrogen) atoms. The Morgan fingerprint density at radius 3 is 2.44 bits per heavy atom. The standard InChI is InChI=1S/C28H25BrN2O3/c1-3-31(27-15-10-21(17-30-27)28(32)33)18-22-16-23(29)11-14-26(22)34-24-12-8-20(9-13-24)25-7-5-4-6-19(25)2/h4-17H,3,18H2,1-2H3,(H,32,33). The van der Waals surface area contributed by atoms with Crippen molar-refractivity contribution in [3.05, 3.63) is 106 Å². The van der Waals surface area contributed by atoms with E-state index < -0.39 is 5.97 Å². The third kappa shape index (κ3) is 5.46. The van der Waals surface area contributed by atoms with E-state index >= 15 is 0 Å². The molecule has 1 aromatic heterocycles. The lowest BCUT2D eigenvalue weighted by molar-refractivity contribution is 0.0696. The highest BCUT2D eigenvalue weighted by atomic mass is 79.9. The fourth-order valence-electron chi connectivity index (χ4n) is 3.76. The highest BCUT2D eigenvalue weighted by Crippen LogP contribution is 2.32. The van der Waals surface area contributed by atoms with E-state index in [1.807, 2.05) is 49.4 Å². The highest BCUT2D eigenvalue weighted by Gasteiger charge is 2.14. The van der Waals surface area contributed by atoms with Gasteiger partial charge in [0.25, 0.3) is 0 Å². The average Bonchev–Trinajstić information content (AvgIpc) is 2.85. The summed E-state index contributed by atoms with van der Waals surface area (Å²) >= 11 is 3.56. The fraction of sp³-hybridized carbons (Fsp3) is 0.143. The largest absolute Gasteiger partial charge is 0.478 e. The third-order valence-corrected chi connectivity index (χ3v) is 6.12. The van der Waals surface area contributed by atoms with Gasteiger partial charge in [0, 0.05) is 29.3 Å². The van der Waals surface area contributed by atoms with E-state index in [4.69, 9.17) is 9.84 Å². The maximum Gasteiger partial charge on any atom is 0.337 e. The van der Waals surface area contributed by atoms with Crippen LogP contribution in [-0.4, -0.2) is 22.6 Å². The third-order valence-electron chi connectivity index (χ3n) is 5.62. The first kappa shape index (κ1) is 23.5. The van der Waals surface area contributed by atoms with Gasteiger partial charge in [0.05, 0.1) is 5.56 Å². The van der Waals surface area contributed by atoms with E-state index in [-0.39, 0.29) is 5.56 Å². The topological polar surface area (TPSA) is 62.7 Å². The van der Waals surface area contributed by atoms with E-state index in [1.54, 1.807) is 12.1 Å². The molecule has 0 saturated carbocycles. The molecule has 4 rings (SSSR count). The number of aromatic carboxylic acids is 1. The van der Waals surface area contributed by atoms with Gasteiger partial charge >= 0.3 is 5.97 Å². The number of hydrogen-bond donors (Lipinski definition) is 1. The molecule has 0 saturated heterocycles. The molecule has 0 aliphatic rings. The number of carboxylic acid groups (broad SMARTS) is 1. The number of nitrogens with zero attached hydrogens (tertiary/aromatic N) is 2. The van der Waals surface area contributed by atoms with Crippen LogP contribution in [0.25, 0.3) is 11.1 Å².